The molecule has 0 aliphatic heterocycles. The van der Waals surface area contributed by atoms with Gasteiger partial charge < -0.3 is 0 Å². The first-order valence-electron chi connectivity index (χ1n) is 5.81. The van der Waals surface area contributed by atoms with Gasteiger partial charge >= 0.3 is 0 Å². The van der Waals surface area contributed by atoms with Crippen LogP contribution in [0.3, 0.4) is 0 Å². The molecule has 0 aliphatic rings. The number of benzene rings is 1. The molecule has 0 radical (unpaired) electrons. The van der Waals surface area contributed by atoms with Crippen LogP contribution in [0.15, 0.2) is 29.2 Å². The summed E-state index contributed by atoms with van der Waals surface area (Å²) in [4.78, 5) is 12.9. The van der Waals surface area contributed by atoms with Crippen molar-refractivity contribution in [2.45, 2.75) is 38.5 Å². The van der Waals surface area contributed by atoms with E-state index in [0.29, 0.717) is 12.2 Å². The molecule has 1 aromatic carbocycles. The zero-order valence-corrected chi connectivity index (χ0v) is 12.2. The standard InChI is InChI=1S/C14H19ClOS/c1-14(2,3)13(16)5-4-10-17-12-8-6-11(15)7-9-12/h6-9H,4-5,10H2,1-3H3. The van der Waals surface area contributed by atoms with E-state index < -0.39 is 0 Å². The number of rotatable bonds is 5. The highest BCUT2D eigenvalue weighted by Crippen LogP contribution is 2.23. The molecule has 0 aliphatic carbocycles. The van der Waals surface area contributed by atoms with Crippen LogP contribution in [0.2, 0.25) is 5.02 Å². The Balaban J connectivity index is 2.25. The second-order valence-electron chi connectivity index (χ2n) is 5.08. The maximum atomic E-state index is 11.7. The molecule has 0 unspecified atom stereocenters. The van der Waals surface area contributed by atoms with Crippen molar-refractivity contribution in [2.75, 3.05) is 5.75 Å². The lowest BCUT2D eigenvalue weighted by molar-refractivity contribution is -0.126. The third-order valence-electron chi connectivity index (χ3n) is 2.47. The van der Waals surface area contributed by atoms with Crippen molar-refractivity contribution in [3.05, 3.63) is 29.3 Å². The molecular formula is C14H19ClOS. The molecule has 0 saturated heterocycles. The molecule has 0 fully saturated rings. The van der Waals surface area contributed by atoms with Crippen LogP contribution in [-0.4, -0.2) is 11.5 Å². The Morgan fingerprint density at radius 3 is 2.35 bits per heavy atom. The monoisotopic (exact) mass is 270 g/mol. The zero-order chi connectivity index (χ0) is 12.9. The molecule has 17 heavy (non-hydrogen) atoms. The molecule has 0 N–H and O–H groups in total. The number of halogens is 1. The molecule has 0 spiro atoms. The van der Waals surface area contributed by atoms with Crippen LogP contribution in [-0.2, 0) is 4.79 Å². The van der Waals surface area contributed by atoms with E-state index in [0.717, 1.165) is 17.2 Å². The van der Waals surface area contributed by atoms with Crippen molar-refractivity contribution in [2.24, 2.45) is 5.41 Å². The maximum absolute atomic E-state index is 11.7. The average molecular weight is 271 g/mol. The maximum Gasteiger partial charge on any atom is 0.138 e. The fourth-order valence-corrected chi connectivity index (χ4v) is 2.31. The lowest BCUT2D eigenvalue weighted by atomic mass is 9.88. The topological polar surface area (TPSA) is 17.1 Å². The van der Waals surface area contributed by atoms with Crippen LogP contribution >= 0.6 is 23.4 Å². The molecule has 1 nitrogen and oxygen atoms in total. The van der Waals surface area contributed by atoms with Gasteiger partial charge in [-0.05, 0) is 36.4 Å². The lowest BCUT2D eigenvalue weighted by Crippen LogP contribution is -2.19. The summed E-state index contributed by atoms with van der Waals surface area (Å²) in [7, 11) is 0. The fraction of sp³-hybridized carbons (Fsp3) is 0.500. The Bertz CT molecular complexity index is 365. The minimum absolute atomic E-state index is 0.203. The van der Waals surface area contributed by atoms with Gasteiger partial charge in [0.2, 0.25) is 0 Å². The Kier molecular flexibility index (Phi) is 5.54. The van der Waals surface area contributed by atoms with Crippen LogP contribution in [0.5, 0.6) is 0 Å². The molecule has 0 heterocycles. The van der Waals surface area contributed by atoms with Gasteiger partial charge in [-0.2, -0.15) is 0 Å². The molecule has 0 atom stereocenters. The van der Waals surface area contributed by atoms with E-state index in [4.69, 9.17) is 11.6 Å². The quantitative estimate of drug-likeness (QED) is 0.563. The summed E-state index contributed by atoms with van der Waals surface area (Å²) in [6.07, 6.45) is 1.60. The highest BCUT2D eigenvalue weighted by molar-refractivity contribution is 7.99. The minimum Gasteiger partial charge on any atom is -0.299 e. The van der Waals surface area contributed by atoms with Crippen LogP contribution in [0.4, 0.5) is 0 Å². The Hall–Kier alpha value is -0.470. The Morgan fingerprint density at radius 2 is 1.82 bits per heavy atom. The van der Waals surface area contributed by atoms with Gasteiger partial charge in [-0.3, -0.25) is 4.79 Å². The lowest BCUT2D eigenvalue weighted by Gasteiger charge is -2.15. The fourth-order valence-electron chi connectivity index (χ4n) is 1.33. The van der Waals surface area contributed by atoms with Crippen molar-refractivity contribution in [3.8, 4) is 0 Å². The van der Waals surface area contributed by atoms with E-state index in [1.54, 1.807) is 11.8 Å². The van der Waals surface area contributed by atoms with Crippen molar-refractivity contribution in [1.29, 1.82) is 0 Å². The zero-order valence-electron chi connectivity index (χ0n) is 10.6. The van der Waals surface area contributed by atoms with E-state index in [9.17, 15) is 4.79 Å². The molecule has 0 amide bonds. The third kappa shape index (κ3) is 5.60. The van der Waals surface area contributed by atoms with Crippen LogP contribution < -0.4 is 0 Å². The first-order chi connectivity index (χ1) is 7.89. The largest absolute Gasteiger partial charge is 0.299 e. The summed E-state index contributed by atoms with van der Waals surface area (Å²) >= 11 is 7.58. The van der Waals surface area contributed by atoms with Gasteiger partial charge in [-0.1, -0.05) is 32.4 Å². The SMILES string of the molecule is CC(C)(C)C(=O)CCCSc1ccc(Cl)cc1. The number of Topliss-reactive ketones (excluding diaryl/α,β-unsaturated/α-hetero) is 1. The molecule has 0 saturated carbocycles. The second kappa shape index (κ2) is 6.46. The third-order valence-corrected chi connectivity index (χ3v) is 3.82. The molecule has 1 rings (SSSR count). The predicted molar refractivity (Wildman–Crippen MR) is 75.9 cm³/mol. The molecule has 3 heteroatoms. The molecular weight excluding hydrogens is 252 g/mol. The summed E-state index contributed by atoms with van der Waals surface area (Å²) in [6.45, 7) is 5.92. The van der Waals surface area contributed by atoms with Gasteiger partial charge in [0.15, 0.2) is 0 Å². The first-order valence-corrected chi connectivity index (χ1v) is 7.17. The number of hydrogen-bond acceptors (Lipinski definition) is 2. The van der Waals surface area contributed by atoms with Gasteiger partial charge in [-0.15, -0.1) is 11.8 Å². The Labute approximate surface area is 113 Å². The Morgan fingerprint density at radius 1 is 1.24 bits per heavy atom. The van der Waals surface area contributed by atoms with E-state index in [1.807, 2.05) is 45.0 Å². The van der Waals surface area contributed by atoms with E-state index in [1.165, 1.54) is 4.90 Å². The van der Waals surface area contributed by atoms with Crippen molar-refractivity contribution < 1.29 is 4.79 Å². The van der Waals surface area contributed by atoms with Crippen LogP contribution in [0.1, 0.15) is 33.6 Å². The number of ketones is 1. The highest BCUT2D eigenvalue weighted by atomic mass is 35.5. The molecule has 1 aromatic rings. The number of carbonyl (C=O) groups is 1. The summed E-state index contributed by atoms with van der Waals surface area (Å²) in [6, 6.07) is 7.81. The minimum atomic E-state index is -0.203. The van der Waals surface area contributed by atoms with Crippen molar-refractivity contribution in [1.82, 2.24) is 0 Å². The summed E-state index contributed by atoms with van der Waals surface area (Å²) in [5, 5.41) is 0.761. The predicted octanol–water partition coefficient (Wildman–Crippen LogP) is 4.83. The van der Waals surface area contributed by atoms with Crippen LogP contribution in [0.25, 0.3) is 0 Å². The first kappa shape index (κ1) is 14.6. The summed E-state index contributed by atoms with van der Waals surface area (Å²) in [5.41, 5.74) is -0.203. The average Bonchev–Trinajstić information content (AvgIpc) is 2.25. The smallest absolute Gasteiger partial charge is 0.138 e. The summed E-state index contributed by atoms with van der Waals surface area (Å²) < 4.78 is 0. The van der Waals surface area contributed by atoms with Gasteiger partial charge in [0.05, 0.1) is 0 Å². The van der Waals surface area contributed by atoms with E-state index >= 15 is 0 Å². The molecule has 0 bridgehead atoms. The summed E-state index contributed by atoms with van der Waals surface area (Å²) in [5.74, 6) is 1.32. The highest BCUT2D eigenvalue weighted by Gasteiger charge is 2.19. The number of thioether (sulfide) groups is 1. The van der Waals surface area contributed by atoms with E-state index in [2.05, 4.69) is 0 Å². The van der Waals surface area contributed by atoms with Crippen LogP contribution in [0, 0.1) is 5.41 Å². The van der Waals surface area contributed by atoms with Crippen molar-refractivity contribution in [3.63, 3.8) is 0 Å². The normalized spacial score (nSPS) is 11.5. The van der Waals surface area contributed by atoms with Gasteiger partial charge in [0.1, 0.15) is 5.78 Å². The molecule has 94 valence electrons. The van der Waals surface area contributed by atoms with Crippen molar-refractivity contribution >= 4 is 29.1 Å². The number of carbonyl (C=O) groups excluding carboxylic acids is 1. The van der Waals surface area contributed by atoms with E-state index in [-0.39, 0.29) is 5.41 Å². The van der Waals surface area contributed by atoms with Gasteiger partial charge in [-0.25, -0.2) is 0 Å². The second-order valence-corrected chi connectivity index (χ2v) is 6.68. The number of hydrogen-bond donors (Lipinski definition) is 0. The van der Waals surface area contributed by atoms with Gasteiger partial charge in [0.25, 0.3) is 0 Å². The molecule has 0 aromatic heterocycles. The van der Waals surface area contributed by atoms with Gasteiger partial charge in [0, 0.05) is 21.8 Å².